The zero-order chi connectivity index (χ0) is 30.7. The molecular formula is C33H44N6O5. The maximum absolute atomic E-state index is 13.2. The monoisotopic (exact) mass is 604 g/mol. The Hall–Kier alpha value is -4.12. The molecule has 2 heterocycles. The lowest BCUT2D eigenvalue weighted by atomic mass is 9.94. The first kappa shape index (κ1) is 31.3. The van der Waals surface area contributed by atoms with Gasteiger partial charge in [0.05, 0.1) is 25.5 Å². The molecule has 236 valence electrons. The summed E-state index contributed by atoms with van der Waals surface area (Å²) >= 11 is 0. The number of amides is 4. The van der Waals surface area contributed by atoms with E-state index < -0.39 is 6.03 Å². The number of benzene rings is 2. The molecule has 0 unspecified atom stereocenters. The molecule has 3 aliphatic rings. The molecule has 11 nitrogen and oxygen atoms in total. The highest BCUT2D eigenvalue weighted by molar-refractivity contribution is 5.99. The molecule has 0 bridgehead atoms. The summed E-state index contributed by atoms with van der Waals surface area (Å²) in [7, 11) is 1.93. The highest BCUT2D eigenvalue weighted by atomic mass is 16.5. The number of morpholine rings is 1. The van der Waals surface area contributed by atoms with E-state index in [4.69, 9.17) is 14.5 Å². The predicted octanol–water partition coefficient (Wildman–Crippen LogP) is 3.80. The molecular weight excluding hydrogens is 560 g/mol. The number of ether oxygens (including phenoxy) is 2. The van der Waals surface area contributed by atoms with Crippen LogP contribution in [0.25, 0.3) is 0 Å². The van der Waals surface area contributed by atoms with Gasteiger partial charge in [0, 0.05) is 51.3 Å². The van der Waals surface area contributed by atoms with Gasteiger partial charge in [-0.1, -0.05) is 49.6 Å². The van der Waals surface area contributed by atoms with Crippen molar-refractivity contribution in [2.45, 2.75) is 64.1 Å². The SMILES string of the molecule is CN(C(=O)CCCOc1ccc2c(c1)CN(CC(=O)N1CCOCC1)C(NC(=O)NCc1ccccc1)=N2)C1CCCCC1. The number of rotatable bonds is 10. The van der Waals surface area contributed by atoms with Gasteiger partial charge in [0.15, 0.2) is 0 Å². The van der Waals surface area contributed by atoms with E-state index in [1.54, 1.807) is 9.80 Å². The van der Waals surface area contributed by atoms with Crippen LogP contribution in [0.4, 0.5) is 10.5 Å². The third-order valence-corrected chi connectivity index (χ3v) is 8.47. The maximum atomic E-state index is 13.2. The van der Waals surface area contributed by atoms with Crippen molar-refractivity contribution in [3.8, 4) is 5.75 Å². The first-order valence-electron chi connectivity index (χ1n) is 15.8. The second-order valence-electron chi connectivity index (χ2n) is 11.6. The van der Waals surface area contributed by atoms with Crippen molar-refractivity contribution in [1.29, 1.82) is 0 Å². The van der Waals surface area contributed by atoms with Crippen LogP contribution in [0.5, 0.6) is 5.75 Å². The molecule has 2 fully saturated rings. The Morgan fingerprint density at radius 2 is 1.82 bits per heavy atom. The lowest BCUT2D eigenvalue weighted by Gasteiger charge is -2.33. The molecule has 5 rings (SSSR count). The molecule has 1 saturated carbocycles. The molecule has 2 N–H and O–H groups in total. The topological polar surface area (TPSA) is 116 Å². The number of aliphatic imine (C=N–C) groups is 1. The van der Waals surface area contributed by atoms with Gasteiger partial charge in [-0.3, -0.25) is 14.9 Å². The van der Waals surface area contributed by atoms with E-state index in [0.717, 1.165) is 24.0 Å². The van der Waals surface area contributed by atoms with Crippen LogP contribution in [0.15, 0.2) is 53.5 Å². The van der Waals surface area contributed by atoms with Crippen molar-refractivity contribution < 1.29 is 23.9 Å². The summed E-state index contributed by atoms with van der Waals surface area (Å²) in [6, 6.07) is 15.2. The molecule has 0 radical (unpaired) electrons. The fourth-order valence-electron chi connectivity index (χ4n) is 5.85. The molecule has 1 aliphatic carbocycles. The molecule has 2 aromatic rings. The van der Waals surface area contributed by atoms with Gasteiger partial charge in [0.2, 0.25) is 17.8 Å². The van der Waals surface area contributed by atoms with Gasteiger partial charge in [-0.15, -0.1) is 0 Å². The summed E-state index contributed by atoms with van der Waals surface area (Å²) in [5.41, 5.74) is 2.57. The van der Waals surface area contributed by atoms with E-state index in [1.165, 1.54) is 19.3 Å². The van der Waals surface area contributed by atoms with Gasteiger partial charge < -0.3 is 29.5 Å². The van der Waals surface area contributed by atoms with Gasteiger partial charge in [0.1, 0.15) is 12.3 Å². The van der Waals surface area contributed by atoms with E-state index in [0.29, 0.717) is 82.3 Å². The summed E-state index contributed by atoms with van der Waals surface area (Å²) in [5, 5.41) is 5.71. The lowest BCUT2D eigenvalue weighted by Crippen LogP contribution is -2.52. The van der Waals surface area contributed by atoms with Crippen LogP contribution in [0.1, 0.15) is 56.1 Å². The largest absolute Gasteiger partial charge is 0.494 e. The number of fused-ring (bicyclic) bond motifs is 1. The zero-order valence-corrected chi connectivity index (χ0v) is 25.6. The summed E-state index contributed by atoms with van der Waals surface area (Å²) < 4.78 is 11.4. The van der Waals surface area contributed by atoms with Crippen LogP contribution >= 0.6 is 0 Å². The highest BCUT2D eigenvalue weighted by Crippen LogP contribution is 2.30. The minimum Gasteiger partial charge on any atom is -0.494 e. The summed E-state index contributed by atoms with van der Waals surface area (Å²) in [4.78, 5) is 48.9. The number of carbonyl (C=O) groups is 3. The summed E-state index contributed by atoms with van der Waals surface area (Å²) in [5.74, 6) is 1.13. The van der Waals surface area contributed by atoms with E-state index in [1.807, 2.05) is 60.5 Å². The number of hydrogen-bond donors (Lipinski definition) is 2. The number of hydrogen-bond acceptors (Lipinski definition) is 7. The van der Waals surface area contributed by atoms with Crippen molar-refractivity contribution in [2.24, 2.45) is 4.99 Å². The first-order chi connectivity index (χ1) is 21.5. The van der Waals surface area contributed by atoms with Crippen molar-refractivity contribution >= 4 is 29.5 Å². The third kappa shape index (κ3) is 8.72. The highest BCUT2D eigenvalue weighted by Gasteiger charge is 2.27. The standard InChI is InChI=1S/C33H44N6O5/c1-37(27-11-6-3-7-12-27)30(40)13-8-18-44-28-14-15-29-26(21-28)23-39(24-31(41)38-16-19-43-20-17-38)32(35-29)36-33(42)34-22-25-9-4-2-5-10-25/h2,4-5,9-10,14-15,21,27H,3,6-8,11-13,16-20,22-24H2,1H3,(H2,34,35,36,42). The molecule has 0 atom stereocenters. The van der Waals surface area contributed by atoms with Crippen molar-refractivity contribution in [2.75, 3.05) is 46.5 Å². The van der Waals surface area contributed by atoms with Gasteiger partial charge in [0.25, 0.3) is 0 Å². The van der Waals surface area contributed by atoms with Crippen LogP contribution < -0.4 is 15.4 Å². The summed E-state index contributed by atoms with van der Waals surface area (Å²) in [6.07, 6.45) is 6.96. The maximum Gasteiger partial charge on any atom is 0.321 e. The number of urea groups is 1. The van der Waals surface area contributed by atoms with E-state index in [9.17, 15) is 14.4 Å². The Bertz CT molecular complexity index is 1310. The lowest BCUT2D eigenvalue weighted by molar-refractivity contribution is -0.135. The fourth-order valence-corrected chi connectivity index (χ4v) is 5.85. The number of guanidine groups is 1. The molecule has 4 amide bonds. The fraction of sp³-hybridized carbons (Fsp3) is 0.515. The van der Waals surface area contributed by atoms with Gasteiger partial charge in [-0.05, 0) is 43.0 Å². The third-order valence-electron chi connectivity index (χ3n) is 8.47. The Balaban J connectivity index is 1.19. The molecule has 1 saturated heterocycles. The normalized spacial score (nSPS) is 16.9. The average molecular weight is 605 g/mol. The quantitative estimate of drug-likeness (QED) is 0.399. The number of carbonyl (C=O) groups excluding carboxylic acids is 3. The Labute approximate surface area is 259 Å². The number of nitrogens with zero attached hydrogens (tertiary/aromatic N) is 4. The number of nitrogens with one attached hydrogen (secondary N) is 2. The molecule has 44 heavy (non-hydrogen) atoms. The zero-order valence-electron chi connectivity index (χ0n) is 25.6. The smallest absolute Gasteiger partial charge is 0.321 e. The second kappa shape index (κ2) is 15.6. The first-order valence-corrected chi connectivity index (χ1v) is 15.8. The van der Waals surface area contributed by atoms with E-state index in [-0.39, 0.29) is 18.4 Å². The Morgan fingerprint density at radius 3 is 2.59 bits per heavy atom. The van der Waals surface area contributed by atoms with Crippen molar-refractivity contribution in [3.05, 3.63) is 59.7 Å². The summed E-state index contributed by atoms with van der Waals surface area (Å²) in [6.45, 7) is 3.35. The Kier molecular flexibility index (Phi) is 11.1. The molecule has 0 spiro atoms. The van der Waals surface area contributed by atoms with E-state index in [2.05, 4.69) is 10.6 Å². The molecule has 11 heteroatoms. The van der Waals surface area contributed by atoms with Crippen LogP contribution in [0, 0.1) is 0 Å². The van der Waals surface area contributed by atoms with Crippen LogP contribution in [-0.2, 0) is 27.4 Å². The van der Waals surface area contributed by atoms with Crippen molar-refractivity contribution in [3.63, 3.8) is 0 Å². The van der Waals surface area contributed by atoms with E-state index >= 15 is 0 Å². The average Bonchev–Trinajstić information content (AvgIpc) is 3.06. The van der Waals surface area contributed by atoms with Crippen LogP contribution in [0.3, 0.4) is 0 Å². The minimum absolute atomic E-state index is 0.0498. The molecule has 0 aromatic heterocycles. The molecule has 2 aromatic carbocycles. The van der Waals surface area contributed by atoms with Gasteiger partial charge in [-0.2, -0.15) is 0 Å². The predicted molar refractivity (Wildman–Crippen MR) is 168 cm³/mol. The minimum atomic E-state index is -0.400. The van der Waals surface area contributed by atoms with Gasteiger partial charge in [-0.25, -0.2) is 9.79 Å². The molecule has 2 aliphatic heterocycles. The Morgan fingerprint density at radius 1 is 1.05 bits per heavy atom. The second-order valence-corrected chi connectivity index (χ2v) is 11.6. The van der Waals surface area contributed by atoms with Crippen molar-refractivity contribution in [1.82, 2.24) is 25.3 Å². The van der Waals surface area contributed by atoms with Crippen LogP contribution in [-0.4, -0.2) is 91.0 Å². The van der Waals surface area contributed by atoms with Gasteiger partial charge >= 0.3 is 6.03 Å². The van der Waals surface area contributed by atoms with Crippen LogP contribution in [0.2, 0.25) is 0 Å².